The van der Waals surface area contributed by atoms with Crippen molar-refractivity contribution in [2.45, 2.75) is 12.5 Å². The molecule has 2 fully saturated rings. The lowest BCUT2D eigenvalue weighted by atomic mass is 10.1. The van der Waals surface area contributed by atoms with Crippen LogP contribution in [0.4, 0.5) is 15.8 Å². The van der Waals surface area contributed by atoms with E-state index in [1.165, 1.54) is 12.1 Å². The van der Waals surface area contributed by atoms with Crippen molar-refractivity contribution in [3.8, 4) is 0 Å². The first-order chi connectivity index (χ1) is 12.6. The lowest BCUT2D eigenvalue weighted by molar-refractivity contribution is -0.123. The number of hydrogen-bond acceptors (Lipinski definition) is 4. The van der Waals surface area contributed by atoms with E-state index in [1.807, 2.05) is 23.1 Å². The maximum atomic E-state index is 14.0. The van der Waals surface area contributed by atoms with E-state index in [-0.39, 0.29) is 23.9 Å². The van der Waals surface area contributed by atoms with Crippen molar-refractivity contribution in [3.05, 3.63) is 60.4 Å². The van der Waals surface area contributed by atoms with Crippen LogP contribution in [0, 0.1) is 5.82 Å². The first-order valence-corrected chi connectivity index (χ1v) is 8.80. The van der Waals surface area contributed by atoms with E-state index >= 15 is 0 Å². The molecule has 0 saturated carbocycles. The molecule has 0 spiro atoms. The zero-order chi connectivity index (χ0) is 18.1. The number of para-hydroxylation sites is 2. The Labute approximate surface area is 151 Å². The minimum absolute atomic E-state index is 0.0490. The highest BCUT2D eigenvalue weighted by atomic mass is 19.1. The molecule has 1 atom stereocenters. The van der Waals surface area contributed by atoms with Crippen molar-refractivity contribution in [2.75, 3.05) is 36.0 Å². The molecule has 2 aromatic rings. The van der Waals surface area contributed by atoms with Crippen molar-refractivity contribution in [1.82, 2.24) is 4.90 Å². The number of carbonyl (C=O) groups is 2. The lowest BCUT2D eigenvalue weighted by Gasteiger charge is -2.38. The van der Waals surface area contributed by atoms with Gasteiger partial charge in [-0.15, -0.1) is 0 Å². The lowest BCUT2D eigenvalue weighted by Crippen LogP contribution is -2.52. The van der Waals surface area contributed by atoms with Crippen molar-refractivity contribution in [1.29, 1.82) is 0 Å². The quantitative estimate of drug-likeness (QED) is 0.794. The van der Waals surface area contributed by atoms with E-state index in [9.17, 15) is 14.0 Å². The van der Waals surface area contributed by atoms with Gasteiger partial charge in [0.2, 0.25) is 5.91 Å². The fourth-order valence-electron chi connectivity index (χ4n) is 3.72. The molecule has 2 aliphatic rings. The summed E-state index contributed by atoms with van der Waals surface area (Å²) in [5.74, 6) is -1.22. The zero-order valence-electron chi connectivity index (χ0n) is 14.3. The Morgan fingerprint density at radius 3 is 2.19 bits per heavy atom. The van der Waals surface area contributed by atoms with Crippen LogP contribution in [0.2, 0.25) is 0 Å². The highest BCUT2D eigenvalue weighted by Crippen LogP contribution is 2.28. The molecule has 6 heteroatoms. The summed E-state index contributed by atoms with van der Waals surface area (Å²) in [6, 6.07) is 15.6. The number of carbonyl (C=O) groups excluding carboxylic acids is 2. The summed E-state index contributed by atoms with van der Waals surface area (Å²) in [7, 11) is 0. The fourth-order valence-corrected chi connectivity index (χ4v) is 3.72. The summed E-state index contributed by atoms with van der Waals surface area (Å²) >= 11 is 0. The second-order valence-electron chi connectivity index (χ2n) is 6.60. The average molecular weight is 353 g/mol. The van der Waals surface area contributed by atoms with Crippen molar-refractivity contribution in [2.24, 2.45) is 0 Å². The largest absolute Gasteiger partial charge is 0.369 e. The molecular formula is C20H20FN3O2. The molecule has 0 N–H and O–H groups in total. The third kappa shape index (κ3) is 2.97. The van der Waals surface area contributed by atoms with Crippen LogP contribution >= 0.6 is 0 Å². The van der Waals surface area contributed by atoms with Gasteiger partial charge in [0.1, 0.15) is 5.82 Å². The number of amides is 2. The minimum atomic E-state index is -0.552. The monoisotopic (exact) mass is 353 g/mol. The summed E-state index contributed by atoms with van der Waals surface area (Å²) in [4.78, 5) is 30.5. The summed E-state index contributed by atoms with van der Waals surface area (Å²) in [5.41, 5.74) is 1.21. The topological polar surface area (TPSA) is 43.9 Å². The van der Waals surface area contributed by atoms with E-state index in [0.29, 0.717) is 13.1 Å². The summed E-state index contributed by atoms with van der Waals surface area (Å²) in [6.45, 7) is 2.98. The van der Waals surface area contributed by atoms with Crippen LogP contribution < -0.4 is 9.80 Å². The number of nitrogens with zero attached hydrogens (tertiary/aromatic N) is 3. The van der Waals surface area contributed by atoms with Crippen LogP contribution in [-0.2, 0) is 9.59 Å². The number of benzene rings is 2. The first kappa shape index (κ1) is 16.7. The van der Waals surface area contributed by atoms with E-state index in [4.69, 9.17) is 0 Å². The van der Waals surface area contributed by atoms with Crippen LogP contribution in [0.15, 0.2) is 54.6 Å². The van der Waals surface area contributed by atoms with Gasteiger partial charge in [-0.25, -0.2) is 9.29 Å². The zero-order valence-corrected chi connectivity index (χ0v) is 14.3. The Bertz CT molecular complexity index is 819. The van der Waals surface area contributed by atoms with Gasteiger partial charge in [0.15, 0.2) is 0 Å². The number of imide groups is 1. The normalized spacial score (nSPS) is 21.5. The molecular weight excluding hydrogens is 333 g/mol. The third-order valence-corrected chi connectivity index (χ3v) is 5.09. The van der Waals surface area contributed by atoms with E-state index in [0.717, 1.165) is 23.7 Å². The van der Waals surface area contributed by atoms with Gasteiger partial charge >= 0.3 is 0 Å². The Morgan fingerprint density at radius 2 is 1.50 bits per heavy atom. The van der Waals surface area contributed by atoms with Crippen LogP contribution in [0.5, 0.6) is 0 Å². The minimum Gasteiger partial charge on any atom is -0.369 e. The highest BCUT2D eigenvalue weighted by molar-refractivity contribution is 6.22. The average Bonchev–Trinajstić information content (AvgIpc) is 2.97. The summed E-state index contributed by atoms with van der Waals surface area (Å²) in [6.07, 6.45) is 0.110. The second-order valence-corrected chi connectivity index (χ2v) is 6.60. The van der Waals surface area contributed by atoms with Crippen LogP contribution in [0.3, 0.4) is 0 Å². The van der Waals surface area contributed by atoms with Crippen molar-refractivity contribution >= 4 is 23.2 Å². The van der Waals surface area contributed by atoms with Gasteiger partial charge in [-0.1, -0.05) is 30.3 Å². The summed E-state index contributed by atoms with van der Waals surface area (Å²) in [5, 5.41) is 0. The molecule has 2 aromatic carbocycles. The van der Waals surface area contributed by atoms with Crippen LogP contribution in [0.1, 0.15) is 6.42 Å². The number of hydrogen-bond donors (Lipinski definition) is 0. The molecule has 134 valence electrons. The molecule has 0 bridgehead atoms. The Balaban J connectivity index is 1.46. The van der Waals surface area contributed by atoms with Gasteiger partial charge in [0, 0.05) is 31.9 Å². The SMILES string of the molecule is O=C1CC(N2CCN(c3ccccc3)CC2)C(=O)N1c1ccccc1F. The van der Waals surface area contributed by atoms with Gasteiger partial charge in [-0.05, 0) is 24.3 Å². The predicted molar refractivity (Wildman–Crippen MR) is 97.5 cm³/mol. The number of piperazine rings is 1. The molecule has 5 nitrogen and oxygen atoms in total. The van der Waals surface area contributed by atoms with Gasteiger partial charge in [-0.2, -0.15) is 0 Å². The number of anilines is 2. The number of rotatable bonds is 3. The molecule has 0 aliphatic carbocycles. The van der Waals surface area contributed by atoms with Crippen LogP contribution in [0.25, 0.3) is 0 Å². The molecule has 2 amide bonds. The van der Waals surface area contributed by atoms with Gasteiger partial charge in [-0.3, -0.25) is 14.5 Å². The van der Waals surface area contributed by atoms with Crippen LogP contribution in [-0.4, -0.2) is 48.9 Å². The molecule has 0 radical (unpaired) electrons. The third-order valence-electron chi connectivity index (χ3n) is 5.09. The molecule has 0 aromatic heterocycles. The maximum Gasteiger partial charge on any atom is 0.251 e. The highest BCUT2D eigenvalue weighted by Gasteiger charge is 2.44. The molecule has 2 saturated heterocycles. The summed E-state index contributed by atoms with van der Waals surface area (Å²) < 4.78 is 14.0. The molecule has 2 heterocycles. The van der Waals surface area contributed by atoms with E-state index in [2.05, 4.69) is 17.0 Å². The fraction of sp³-hybridized carbons (Fsp3) is 0.300. The molecule has 1 unspecified atom stereocenters. The number of halogens is 1. The van der Waals surface area contributed by atoms with Crippen molar-refractivity contribution in [3.63, 3.8) is 0 Å². The first-order valence-electron chi connectivity index (χ1n) is 8.80. The van der Waals surface area contributed by atoms with Gasteiger partial charge in [0.25, 0.3) is 5.91 Å². The van der Waals surface area contributed by atoms with Gasteiger partial charge in [0.05, 0.1) is 18.2 Å². The molecule has 2 aliphatic heterocycles. The molecule has 26 heavy (non-hydrogen) atoms. The van der Waals surface area contributed by atoms with E-state index < -0.39 is 11.9 Å². The second kappa shape index (κ2) is 6.88. The van der Waals surface area contributed by atoms with Crippen molar-refractivity contribution < 1.29 is 14.0 Å². The maximum absolute atomic E-state index is 14.0. The van der Waals surface area contributed by atoms with E-state index in [1.54, 1.807) is 12.1 Å². The Hall–Kier alpha value is -2.73. The smallest absolute Gasteiger partial charge is 0.251 e. The molecule has 4 rings (SSSR count). The Kier molecular flexibility index (Phi) is 4.42. The standard InChI is InChI=1S/C20H20FN3O2/c21-16-8-4-5-9-17(16)24-19(25)14-18(20(24)26)23-12-10-22(11-13-23)15-6-2-1-3-7-15/h1-9,18H,10-14H2. The Morgan fingerprint density at radius 1 is 0.846 bits per heavy atom. The van der Waals surface area contributed by atoms with Gasteiger partial charge < -0.3 is 4.90 Å². The predicted octanol–water partition coefficient (Wildman–Crippen LogP) is 2.28.